The molecule has 1 aromatic heterocycles. The van der Waals surface area contributed by atoms with Crippen LogP contribution >= 0.6 is 0 Å². The third-order valence-electron chi connectivity index (χ3n) is 2.82. The van der Waals surface area contributed by atoms with Crippen LogP contribution in [0.3, 0.4) is 0 Å². The number of imidazole rings is 1. The molecule has 2 heterocycles. The van der Waals surface area contributed by atoms with Crippen molar-refractivity contribution in [2.24, 2.45) is 0 Å². The van der Waals surface area contributed by atoms with Crippen molar-refractivity contribution >= 4 is 5.78 Å². The van der Waals surface area contributed by atoms with Crippen molar-refractivity contribution in [2.45, 2.75) is 25.8 Å². The summed E-state index contributed by atoms with van der Waals surface area (Å²) in [5.74, 6) is 1.37. The van der Waals surface area contributed by atoms with Crippen LogP contribution in [0.4, 0.5) is 0 Å². The largest absolute Gasteiger partial charge is 0.347 e. The van der Waals surface area contributed by atoms with Crippen LogP contribution in [0.15, 0.2) is 12.4 Å². The van der Waals surface area contributed by atoms with E-state index in [1.807, 2.05) is 6.20 Å². The Balaban J connectivity index is 1.99. The minimum absolute atomic E-state index is 0.290. The average Bonchev–Trinajstić information content (AvgIpc) is 2.71. The van der Waals surface area contributed by atoms with E-state index in [-0.39, 0.29) is 6.04 Å². The maximum Gasteiger partial charge on any atom is 0.135 e. The Kier molecular flexibility index (Phi) is 2.63. The van der Waals surface area contributed by atoms with E-state index in [0.717, 1.165) is 18.9 Å². The molecule has 0 aromatic carbocycles. The molecule has 4 nitrogen and oxygen atoms in total. The Morgan fingerprint density at radius 1 is 1.50 bits per heavy atom. The van der Waals surface area contributed by atoms with Crippen LogP contribution in [0.1, 0.15) is 31.6 Å². The number of likely N-dealkylation sites (tertiary alicyclic amines) is 1. The van der Waals surface area contributed by atoms with E-state index >= 15 is 0 Å². The zero-order valence-electron chi connectivity index (χ0n) is 8.36. The van der Waals surface area contributed by atoms with Crippen molar-refractivity contribution in [2.75, 3.05) is 13.1 Å². The Labute approximate surface area is 83.3 Å². The predicted octanol–water partition coefficient (Wildman–Crippen LogP) is 1.14. The fourth-order valence-corrected chi connectivity index (χ4v) is 1.84. The highest BCUT2D eigenvalue weighted by Crippen LogP contribution is 2.19. The molecule has 1 atom stereocenters. The topological polar surface area (TPSA) is 49.0 Å². The summed E-state index contributed by atoms with van der Waals surface area (Å²) in [6.45, 7) is 3.84. The summed E-state index contributed by atoms with van der Waals surface area (Å²) in [5, 5.41) is 0. The number of nitrogens with zero attached hydrogens (tertiary/aromatic N) is 2. The molecule has 0 amide bonds. The number of nitrogens with one attached hydrogen (secondary N) is 1. The molecule has 2 rings (SSSR count). The first kappa shape index (κ1) is 9.40. The SMILES string of the molecule is CC(c1ncc[nH]1)N1CCC(=O)CC1. The number of piperidine rings is 1. The summed E-state index contributed by atoms with van der Waals surface area (Å²) in [6.07, 6.45) is 4.97. The lowest BCUT2D eigenvalue weighted by molar-refractivity contribution is -0.121. The number of aromatic amines is 1. The molecule has 0 radical (unpaired) electrons. The Morgan fingerprint density at radius 3 is 2.79 bits per heavy atom. The second-order valence-electron chi connectivity index (χ2n) is 3.73. The number of rotatable bonds is 2. The number of carbonyl (C=O) groups excluding carboxylic acids is 1. The predicted molar refractivity (Wildman–Crippen MR) is 52.8 cm³/mol. The monoisotopic (exact) mass is 193 g/mol. The third-order valence-corrected chi connectivity index (χ3v) is 2.82. The molecule has 1 aliphatic heterocycles. The van der Waals surface area contributed by atoms with Crippen LogP contribution in [0.25, 0.3) is 0 Å². The van der Waals surface area contributed by atoms with Crippen molar-refractivity contribution in [3.63, 3.8) is 0 Å². The first-order valence-electron chi connectivity index (χ1n) is 5.02. The van der Waals surface area contributed by atoms with Gasteiger partial charge in [-0.2, -0.15) is 0 Å². The van der Waals surface area contributed by atoms with Gasteiger partial charge in [-0.05, 0) is 6.92 Å². The highest BCUT2D eigenvalue weighted by Gasteiger charge is 2.22. The zero-order valence-corrected chi connectivity index (χ0v) is 8.36. The molecule has 76 valence electrons. The smallest absolute Gasteiger partial charge is 0.135 e. The van der Waals surface area contributed by atoms with Gasteiger partial charge < -0.3 is 4.98 Å². The maximum absolute atomic E-state index is 11.1. The Bertz CT molecular complexity index is 297. The number of H-pyrrole nitrogens is 1. The molecule has 0 aliphatic carbocycles. The lowest BCUT2D eigenvalue weighted by Crippen LogP contribution is -2.36. The van der Waals surface area contributed by atoms with E-state index in [2.05, 4.69) is 21.8 Å². The van der Waals surface area contributed by atoms with E-state index in [9.17, 15) is 4.79 Å². The summed E-state index contributed by atoms with van der Waals surface area (Å²) >= 11 is 0. The molecular formula is C10H15N3O. The molecule has 4 heteroatoms. The first-order valence-corrected chi connectivity index (χ1v) is 5.02. The quantitative estimate of drug-likeness (QED) is 0.766. The van der Waals surface area contributed by atoms with E-state index in [1.54, 1.807) is 6.20 Å². The van der Waals surface area contributed by atoms with Gasteiger partial charge in [0.15, 0.2) is 0 Å². The van der Waals surface area contributed by atoms with Gasteiger partial charge >= 0.3 is 0 Å². The van der Waals surface area contributed by atoms with Crippen LogP contribution in [0, 0.1) is 0 Å². The molecule has 1 aliphatic rings. The Hall–Kier alpha value is -1.16. The van der Waals surface area contributed by atoms with Crippen molar-refractivity contribution in [3.8, 4) is 0 Å². The summed E-state index contributed by atoms with van der Waals surface area (Å²) < 4.78 is 0. The lowest BCUT2D eigenvalue weighted by atomic mass is 10.1. The number of carbonyl (C=O) groups is 1. The van der Waals surface area contributed by atoms with Gasteiger partial charge in [0.25, 0.3) is 0 Å². The second kappa shape index (κ2) is 3.92. The fourth-order valence-electron chi connectivity index (χ4n) is 1.84. The zero-order chi connectivity index (χ0) is 9.97. The third kappa shape index (κ3) is 1.85. The molecule has 1 fully saturated rings. The summed E-state index contributed by atoms with van der Waals surface area (Å²) in [4.78, 5) is 20.7. The van der Waals surface area contributed by atoms with Crippen LogP contribution in [-0.4, -0.2) is 33.7 Å². The molecule has 1 saturated heterocycles. The van der Waals surface area contributed by atoms with Gasteiger partial charge in [-0.25, -0.2) is 4.98 Å². The van der Waals surface area contributed by atoms with E-state index < -0.39 is 0 Å². The van der Waals surface area contributed by atoms with Gasteiger partial charge in [0, 0.05) is 38.3 Å². The number of ketones is 1. The van der Waals surface area contributed by atoms with Gasteiger partial charge in [-0.3, -0.25) is 9.69 Å². The molecule has 1 aromatic rings. The van der Waals surface area contributed by atoms with E-state index in [4.69, 9.17) is 0 Å². The van der Waals surface area contributed by atoms with Crippen molar-refractivity contribution in [1.29, 1.82) is 0 Å². The first-order chi connectivity index (χ1) is 6.77. The summed E-state index contributed by atoms with van der Waals surface area (Å²) in [5.41, 5.74) is 0. The number of hydrogen-bond donors (Lipinski definition) is 1. The van der Waals surface area contributed by atoms with Crippen LogP contribution in [-0.2, 0) is 4.79 Å². The summed E-state index contributed by atoms with van der Waals surface area (Å²) in [7, 11) is 0. The van der Waals surface area contributed by atoms with Gasteiger partial charge in [-0.15, -0.1) is 0 Å². The second-order valence-corrected chi connectivity index (χ2v) is 3.73. The normalized spacial score (nSPS) is 21.1. The minimum atomic E-state index is 0.290. The Morgan fingerprint density at radius 2 is 2.21 bits per heavy atom. The molecule has 14 heavy (non-hydrogen) atoms. The minimum Gasteiger partial charge on any atom is -0.347 e. The number of hydrogen-bond acceptors (Lipinski definition) is 3. The lowest BCUT2D eigenvalue weighted by Gasteiger charge is -2.30. The molecule has 0 spiro atoms. The van der Waals surface area contributed by atoms with Crippen LogP contribution < -0.4 is 0 Å². The highest BCUT2D eigenvalue weighted by atomic mass is 16.1. The molecular weight excluding hydrogens is 178 g/mol. The molecule has 1 N–H and O–H groups in total. The van der Waals surface area contributed by atoms with Gasteiger partial charge in [0.05, 0.1) is 6.04 Å². The van der Waals surface area contributed by atoms with Gasteiger partial charge in [-0.1, -0.05) is 0 Å². The fraction of sp³-hybridized carbons (Fsp3) is 0.600. The van der Waals surface area contributed by atoms with Crippen molar-refractivity contribution in [3.05, 3.63) is 18.2 Å². The molecule has 0 saturated carbocycles. The number of Topliss-reactive ketones (excluding diaryl/α,β-unsaturated/α-hetero) is 1. The summed E-state index contributed by atoms with van der Waals surface area (Å²) in [6, 6.07) is 0.290. The van der Waals surface area contributed by atoms with E-state index in [1.165, 1.54) is 0 Å². The van der Waals surface area contributed by atoms with Crippen molar-refractivity contribution in [1.82, 2.24) is 14.9 Å². The molecule has 1 unspecified atom stereocenters. The van der Waals surface area contributed by atoms with Crippen molar-refractivity contribution < 1.29 is 4.79 Å². The average molecular weight is 193 g/mol. The van der Waals surface area contributed by atoms with E-state index in [0.29, 0.717) is 18.6 Å². The van der Waals surface area contributed by atoms with Crippen LogP contribution in [0.2, 0.25) is 0 Å². The number of aromatic nitrogens is 2. The van der Waals surface area contributed by atoms with Gasteiger partial charge in [0.2, 0.25) is 0 Å². The standard InChI is InChI=1S/C10H15N3O/c1-8(10-11-4-5-12-10)13-6-2-9(14)3-7-13/h4-5,8H,2-3,6-7H2,1H3,(H,11,12). The highest BCUT2D eigenvalue weighted by molar-refractivity contribution is 5.79. The van der Waals surface area contributed by atoms with Gasteiger partial charge in [0.1, 0.15) is 11.6 Å². The molecule has 0 bridgehead atoms. The maximum atomic E-state index is 11.1. The van der Waals surface area contributed by atoms with Crippen LogP contribution in [0.5, 0.6) is 0 Å².